The molecular formula is C17H23N5O2. The first kappa shape index (κ1) is 16.2. The van der Waals surface area contributed by atoms with Gasteiger partial charge in [0.2, 0.25) is 0 Å². The quantitative estimate of drug-likeness (QED) is 0.679. The Bertz CT molecular complexity index is 663. The molecule has 128 valence electrons. The van der Waals surface area contributed by atoms with E-state index in [0.29, 0.717) is 6.54 Å². The number of benzene rings is 1. The van der Waals surface area contributed by atoms with E-state index in [9.17, 15) is 0 Å². The Morgan fingerprint density at radius 1 is 1.29 bits per heavy atom. The molecule has 2 aromatic rings. The molecule has 0 radical (unpaired) electrons. The third-order valence-corrected chi connectivity index (χ3v) is 4.13. The summed E-state index contributed by atoms with van der Waals surface area (Å²) in [6.07, 6.45) is 1.58. The third-order valence-electron chi connectivity index (χ3n) is 4.13. The number of nitrogens with one attached hydrogen (secondary N) is 1. The van der Waals surface area contributed by atoms with Crippen molar-refractivity contribution in [2.75, 3.05) is 45.2 Å². The van der Waals surface area contributed by atoms with E-state index in [0.717, 1.165) is 43.6 Å². The van der Waals surface area contributed by atoms with Gasteiger partial charge in [-0.2, -0.15) is 0 Å². The van der Waals surface area contributed by atoms with E-state index in [1.165, 1.54) is 5.69 Å². The molecule has 1 aliphatic heterocycles. The van der Waals surface area contributed by atoms with Crippen molar-refractivity contribution in [3.63, 3.8) is 0 Å². The van der Waals surface area contributed by atoms with Gasteiger partial charge in [-0.05, 0) is 12.1 Å². The molecule has 24 heavy (non-hydrogen) atoms. The summed E-state index contributed by atoms with van der Waals surface area (Å²) in [4.78, 5) is 9.00. The number of anilines is 1. The highest BCUT2D eigenvalue weighted by Crippen LogP contribution is 2.22. The number of methoxy groups -OCH3 is 1. The number of aliphatic imine (C=N–C) groups is 1. The monoisotopic (exact) mass is 329 g/mol. The summed E-state index contributed by atoms with van der Waals surface area (Å²) in [5.41, 5.74) is 2.06. The second kappa shape index (κ2) is 7.72. The average molecular weight is 329 g/mol. The molecule has 3 rings (SSSR count). The molecule has 0 spiro atoms. The van der Waals surface area contributed by atoms with Crippen molar-refractivity contribution < 1.29 is 9.26 Å². The van der Waals surface area contributed by atoms with Gasteiger partial charge >= 0.3 is 0 Å². The molecule has 0 aliphatic carbocycles. The summed E-state index contributed by atoms with van der Waals surface area (Å²) in [6, 6.07) is 10.0. The van der Waals surface area contributed by atoms with Crippen LogP contribution in [0.1, 0.15) is 5.69 Å². The molecule has 7 nitrogen and oxygen atoms in total. The van der Waals surface area contributed by atoms with Crippen LogP contribution in [0.4, 0.5) is 5.69 Å². The van der Waals surface area contributed by atoms with Crippen molar-refractivity contribution in [1.29, 1.82) is 0 Å². The summed E-state index contributed by atoms with van der Waals surface area (Å²) in [7, 11) is 3.50. The van der Waals surface area contributed by atoms with Crippen LogP contribution in [0.2, 0.25) is 0 Å². The van der Waals surface area contributed by atoms with E-state index in [-0.39, 0.29) is 0 Å². The fourth-order valence-electron chi connectivity index (χ4n) is 2.81. The van der Waals surface area contributed by atoms with Gasteiger partial charge in [0, 0.05) is 51.0 Å². The van der Waals surface area contributed by atoms with Crippen molar-refractivity contribution in [1.82, 2.24) is 15.4 Å². The van der Waals surface area contributed by atoms with Crippen LogP contribution < -0.4 is 15.0 Å². The van der Waals surface area contributed by atoms with Gasteiger partial charge in [0.1, 0.15) is 17.7 Å². The van der Waals surface area contributed by atoms with Gasteiger partial charge in [-0.3, -0.25) is 4.99 Å². The van der Waals surface area contributed by atoms with Crippen LogP contribution in [0.15, 0.2) is 46.1 Å². The lowest BCUT2D eigenvalue weighted by molar-refractivity contribution is 0.370. The number of piperazine rings is 1. The van der Waals surface area contributed by atoms with Gasteiger partial charge in [0.15, 0.2) is 5.96 Å². The molecular weight excluding hydrogens is 306 g/mol. The van der Waals surface area contributed by atoms with Crippen molar-refractivity contribution >= 4 is 11.6 Å². The fourth-order valence-corrected chi connectivity index (χ4v) is 2.81. The van der Waals surface area contributed by atoms with Crippen molar-refractivity contribution in [3.05, 3.63) is 42.3 Å². The highest BCUT2D eigenvalue weighted by Gasteiger charge is 2.20. The van der Waals surface area contributed by atoms with E-state index < -0.39 is 0 Å². The molecule has 2 heterocycles. The Morgan fingerprint density at radius 2 is 2.12 bits per heavy atom. The minimum Gasteiger partial charge on any atom is -0.497 e. The first-order valence-electron chi connectivity index (χ1n) is 8.04. The van der Waals surface area contributed by atoms with Crippen LogP contribution in [0.3, 0.4) is 0 Å². The standard InChI is InChI=1S/C17H23N5O2/c1-18-17(19-13-14-6-11-24-20-14)22-9-7-21(8-10-22)15-4-3-5-16(12-15)23-2/h3-6,11-12H,7-10,13H2,1-2H3,(H,18,19). The normalized spacial score (nSPS) is 15.5. The van der Waals surface area contributed by atoms with Crippen LogP contribution in [-0.4, -0.2) is 56.4 Å². The van der Waals surface area contributed by atoms with Crippen LogP contribution in [-0.2, 0) is 6.54 Å². The molecule has 1 aromatic heterocycles. The summed E-state index contributed by atoms with van der Waals surface area (Å²) in [5.74, 6) is 1.78. The number of hydrogen-bond acceptors (Lipinski definition) is 5. The molecule has 1 aromatic carbocycles. The first-order valence-corrected chi connectivity index (χ1v) is 8.04. The number of guanidine groups is 1. The van der Waals surface area contributed by atoms with Gasteiger partial charge < -0.3 is 24.4 Å². The van der Waals surface area contributed by atoms with Gasteiger partial charge in [-0.1, -0.05) is 11.2 Å². The summed E-state index contributed by atoms with van der Waals surface area (Å²) in [5, 5.41) is 7.23. The van der Waals surface area contributed by atoms with Crippen LogP contribution in [0.25, 0.3) is 0 Å². The smallest absolute Gasteiger partial charge is 0.194 e. The number of nitrogens with zero attached hydrogens (tertiary/aromatic N) is 4. The molecule has 1 fully saturated rings. The van der Waals surface area contributed by atoms with E-state index in [1.54, 1.807) is 20.4 Å². The topological polar surface area (TPSA) is 66.1 Å². The maximum atomic E-state index is 5.31. The molecule has 1 saturated heterocycles. The Balaban J connectivity index is 1.55. The van der Waals surface area contributed by atoms with Crippen molar-refractivity contribution in [3.8, 4) is 5.75 Å². The molecule has 1 aliphatic rings. The predicted molar refractivity (Wildman–Crippen MR) is 93.5 cm³/mol. The molecule has 7 heteroatoms. The summed E-state index contributed by atoms with van der Waals surface area (Å²) in [6.45, 7) is 4.32. The molecule has 0 atom stereocenters. The predicted octanol–water partition coefficient (Wildman–Crippen LogP) is 1.58. The Hall–Kier alpha value is -2.70. The zero-order chi connectivity index (χ0) is 16.8. The second-order valence-electron chi connectivity index (χ2n) is 5.57. The number of hydrogen-bond donors (Lipinski definition) is 1. The maximum absolute atomic E-state index is 5.31. The van der Waals surface area contributed by atoms with Crippen molar-refractivity contribution in [2.45, 2.75) is 6.54 Å². The number of aromatic nitrogens is 1. The minimum atomic E-state index is 0.610. The highest BCUT2D eigenvalue weighted by atomic mass is 16.5. The molecule has 0 amide bonds. The first-order chi connectivity index (χ1) is 11.8. The molecule has 0 bridgehead atoms. The van der Waals surface area contributed by atoms with Crippen LogP contribution >= 0.6 is 0 Å². The third kappa shape index (κ3) is 3.79. The molecule has 0 unspecified atom stereocenters. The van der Waals surface area contributed by atoms with E-state index in [4.69, 9.17) is 9.26 Å². The van der Waals surface area contributed by atoms with Crippen molar-refractivity contribution in [2.24, 2.45) is 4.99 Å². The van der Waals surface area contributed by atoms with Gasteiger partial charge in [-0.25, -0.2) is 0 Å². The van der Waals surface area contributed by atoms with Gasteiger partial charge in [-0.15, -0.1) is 0 Å². The van der Waals surface area contributed by atoms with E-state index >= 15 is 0 Å². The van der Waals surface area contributed by atoms with Gasteiger partial charge in [0.25, 0.3) is 0 Å². The zero-order valence-corrected chi connectivity index (χ0v) is 14.1. The average Bonchev–Trinajstić information content (AvgIpc) is 3.16. The molecule has 1 N–H and O–H groups in total. The van der Waals surface area contributed by atoms with Gasteiger partial charge in [0.05, 0.1) is 13.7 Å². The number of rotatable bonds is 4. The summed E-state index contributed by atoms with van der Waals surface area (Å²) < 4.78 is 10.2. The number of ether oxygens (including phenoxy) is 1. The second-order valence-corrected chi connectivity index (χ2v) is 5.57. The Labute approximate surface area is 141 Å². The fraction of sp³-hybridized carbons (Fsp3) is 0.412. The largest absolute Gasteiger partial charge is 0.497 e. The van der Waals surface area contributed by atoms with Crippen LogP contribution in [0.5, 0.6) is 5.75 Å². The lowest BCUT2D eigenvalue weighted by atomic mass is 10.2. The van der Waals surface area contributed by atoms with Crippen LogP contribution in [0, 0.1) is 0 Å². The van der Waals surface area contributed by atoms with E-state index in [2.05, 4.69) is 37.4 Å². The lowest BCUT2D eigenvalue weighted by Crippen LogP contribution is -2.52. The molecule has 0 saturated carbocycles. The summed E-state index contributed by atoms with van der Waals surface area (Å²) >= 11 is 0. The minimum absolute atomic E-state index is 0.610. The van der Waals surface area contributed by atoms with E-state index in [1.807, 2.05) is 18.2 Å². The Kier molecular flexibility index (Phi) is 5.20. The lowest BCUT2D eigenvalue weighted by Gasteiger charge is -2.37. The SMILES string of the molecule is CN=C(NCc1ccon1)N1CCN(c2cccc(OC)c2)CC1. The maximum Gasteiger partial charge on any atom is 0.194 e. The Morgan fingerprint density at radius 3 is 2.79 bits per heavy atom. The zero-order valence-electron chi connectivity index (χ0n) is 14.1. The highest BCUT2D eigenvalue weighted by molar-refractivity contribution is 5.80.